The first-order chi connectivity index (χ1) is 17.7. The van der Waals surface area contributed by atoms with Gasteiger partial charge in [0.2, 0.25) is 10.2 Å². The van der Waals surface area contributed by atoms with E-state index in [9.17, 15) is 18.0 Å². The van der Waals surface area contributed by atoms with Gasteiger partial charge in [-0.25, -0.2) is 0 Å². The van der Waals surface area contributed by atoms with Crippen LogP contribution in [0.4, 0.5) is 13.2 Å². The van der Waals surface area contributed by atoms with Gasteiger partial charge in [0.05, 0.1) is 19.3 Å². The number of amidine groups is 2. The van der Waals surface area contributed by atoms with E-state index >= 15 is 0 Å². The van der Waals surface area contributed by atoms with Crippen LogP contribution >= 0.6 is 11.8 Å². The van der Waals surface area contributed by atoms with E-state index in [4.69, 9.17) is 24.4 Å². The number of alkyl halides is 3. The lowest BCUT2D eigenvalue weighted by Gasteiger charge is -2.20. The van der Waals surface area contributed by atoms with Gasteiger partial charge in [-0.05, 0) is 66.7 Å². The summed E-state index contributed by atoms with van der Waals surface area (Å²) in [5.41, 5.74) is 0.254. The molecule has 1 amide bonds. The fraction of sp³-hybridized carbons (Fsp3) is 0.250. The number of nitrogens with one attached hydrogen (secondary N) is 1. The standard InChI is InChI=1S/C24H21F3N4O5S/c1-3-34-19-13-14(4-9-18(19)36-11-10-35-16-7-5-15(33-2)6-8-16)12-17-20(28)31-23(29-21(17)32)37-22(30-31)24(25,26)27/h4-9,12-13,28H,3,10-11H2,1-2H3/b17-12-,28-20?. The first kappa shape index (κ1) is 26.1. The Morgan fingerprint density at radius 3 is 2.41 bits per heavy atom. The van der Waals surface area contributed by atoms with Gasteiger partial charge < -0.3 is 18.9 Å². The molecule has 37 heavy (non-hydrogen) atoms. The Morgan fingerprint density at radius 1 is 1.03 bits per heavy atom. The molecule has 2 aromatic rings. The van der Waals surface area contributed by atoms with Crippen molar-refractivity contribution in [1.29, 1.82) is 5.41 Å². The van der Waals surface area contributed by atoms with Crippen LogP contribution in [0, 0.1) is 5.41 Å². The number of amides is 1. The van der Waals surface area contributed by atoms with E-state index in [0.29, 0.717) is 34.4 Å². The highest BCUT2D eigenvalue weighted by Gasteiger charge is 2.46. The van der Waals surface area contributed by atoms with Crippen LogP contribution in [0.1, 0.15) is 12.5 Å². The molecule has 1 N–H and O–H groups in total. The fourth-order valence-corrected chi connectivity index (χ4v) is 4.02. The van der Waals surface area contributed by atoms with Gasteiger partial charge in [-0.1, -0.05) is 6.07 Å². The number of carbonyl (C=O) groups excluding carboxylic acids is 1. The highest BCUT2D eigenvalue weighted by molar-refractivity contribution is 8.27. The summed E-state index contributed by atoms with van der Waals surface area (Å²) in [5, 5.41) is 10.8. The van der Waals surface area contributed by atoms with E-state index in [-0.39, 0.29) is 35.7 Å². The van der Waals surface area contributed by atoms with Crippen molar-refractivity contribution >= 4 is 39.8 Å². The number of hydrazone groups is 1. The van der Waals surface area contributed by atoms with Crippen LogP contribution in [-0.2, 0) is 4.79 Å². The van der Waals surface area contributed by atoms with Crippen LogP contribution in [0.15, 0.2) is 58.1 Å². The lowest BCUT2D eigenvalue weighted by molar-refractivity contribution is -0.114. The summed E-state index contributed by atoms with van der Waals surface area (Å²) in [6, 6.07) is 12.0. The molecule has 0 saturated heterocycles. The number of aliphatic imine (C=N–C) groups is 1. The predicted octanol–water partition coefficient (Wildman–Crippen LogP) is 4.73. The zero-order valence-electron chi connectivity index (χ0n) is 19.7. The van der Waals surface area contributed by atoms with Crippen molar-refractivity contribution < 1.29 is 36.9 Å². The largest absolute Gasteiger partial charge is 0.497 e. The minimum atomic E-state index is -4.71. The van der Waals surface area contributed by atoms with E-state index in [0.717, 1.165) is 5.75 Å². The molecule has 2 aliphatic rings. The smallest absolute Gasteiger partial charge is 0.441 e. The van der Waals surface area contributed by atoms with Gasteiger partial charge in [0, 0.05) is 0 Å². The van der Waals surface area contributed by atoms with Gasteiger partial charge in [0.25, 0.3) is 5.91 Å². The Bertz CT molecular complexity index is 1290. The molecule has 2 aliphatic heterocycles. The van der Waals surface area contributed by atoms with Crippen LogP contribution in [0.2, 0.25) is 0 Å². The van der Waals surface area contributed by atoms with Gasteiger partial charge in [0.1, 0.15) is 24.7 Å². The summed E-state index contributed by atoms with van der Waals surface area (Å²) in [5.74, 6) is 0.852. The number of carbonyl (C=O) groups is 1. The van der Waals surface area contributed by atoms with Crippen LogP contribution in [0.3, 0.4) is 0 Å². The second kappa shape index (κ2) is 10.9. The van der Waals surface area contributed by atoms with E-state index in [1.165, 1.54) is 6.08 Å². The second-order valence-electron chi connectivity index (χ2n) is 7.43. The minimum Gasteiger partial charge on any atom is -0.497 e. The Labute approximate surface area is 214 Å². The summed E-state index contributed by atoms with van der Waals surface area (Å²) in [7, 11) is 1.58. The van der Waals surface area contributed by atoms with Crippen LogP contribution < -0.4 is 18.9 Å². The molecule has 2 heterocycles. The van der Waals surface area contributed by atoms with Gasteiger partial charge in [-0.3, -0.25) is 10.2 Å². The molecule has 194 valence electrons. The zero-order valence-corrected chi connectivity index (χ0v) is 20.5. The molecule has 0 saturated carbocycles. The van der Waals surface area contributed by atoms with Gasteiger partial charge in [-0.15, -0.1) is 0 Å². The number of benzene rings is 2. The number of hydrogen-bond donors (Lipinski definition) is 1. The van der Waals surface area contributed by atoms with Crippen molar-refractivity contribution in [3.05, 3.63) is 53.6 Å². The molecule has 0 aromatic heterocycles. The minimum absolute atomic E-state index is 0.198. The normalized spacial score (nSPS) is 16.4. The molecule has 0 aliphatic carbocycles. The summed E-state index contributed by atoms with van der Waals surface area (Å²) in [4.78, 5) is 16.1. The molecule has 0 unspecified atom stereocenters. The van der Waals surface area contributed by atoms with Crippen molar-refractivity contribution in [1.82, 2.24) is 5.01 Å². The maximum atomic E-state index is 13.0. The molecule has 0 spiro atoms. The number of halogens is 3. The maximum Gasteiger partial charge on any atom is 0.441 e. The fourth-order valence-electron chi connectivity index (χ4n) is 3.26. The number of methoxy groups -OCH3 is 1. The predicted molar refractivity (Wildman–Crippen MR) is 133 cm³/mol. The molecule has 0 radical (unpaired) electrons. The Hall–Kier alpha value is -4.00. The van der Waals surface area contributed by atoms with E-state index in [1.807, 2.05) is 0 Å². The average molecular weight is 535 g/mol. The molecule has 0 atom stereocenters. The molecule has 2 aromatic carbocycles. The van der Waals surface area contributed by atoms with E-state index in [1.54, 1.807) is 56.5 Å². The summed E-state index contributed by atoms with van der Waals surface area (Å²) in [6.45, 7) is 2.62. The van der Waals surface area contributed by atoms with Gasteiger partial charge in [0.15, 0.2) is 17.3 Å². The number of thioether (sulfide) groups is 1. The number of hydrogen-bond acceptors (Lipinski definition) is 8. The Kier molecular flexibility index (Phi) is 7.71. The maximum absolute atomic E-state index is 13.0. The Balaban J connectivity index is 1.45. The number of ether oxygens (including phenoxy) is 4. The quantitative estimate of drug-likeness (QED) is 0.366. The third-order valence-corrected chi connectivity index (χ3v) is 5.90. The third-order valence-electron chi connectivity index (χ3n) is 4.94. The molecular formula is C24H21F3N4O5S. The second-order valence-corrected chi connectivity index (χ2v) is 8.39. The average Bonchev–Trinajstić information content (AvgIpc) is 3.31. The van der Waals surface area contributed by atoms with E-state index in [2.05, 4.69) is 10.1 Å². The van der Waals surface area contributed by atoms with Crippen molar-refractivity contribution in [2.45, 2.75) is 13.1 Å². The summed E-state index contributed by atoms with van der Waals surface area (Å²) < 4.78 is 61.2. The van der Waals surface area contributed by atoms with E-state index < -0.39 is 23.0 Å². The first-order valence-electron chi connectivity index (χ1n) is 10.9. The summed E-state index contributed by atoms with van der Waals surface area (Å²) >= 11 is 0.198. The molecule has 4 rings (SSSR count). The number of rotatable bonds is 9. The molecule has 0 bridgehead atoms. The van der Waals surface area contributed by atoms with Crippen molar-refractivity contribution in [2.75, 3.05) is 26.9 Å². The highest BCUT2D eigenvalue weighted by Crippen LogP contribution is 2.36. The zero-order chi connectivity index (χ0) is 26.6. The third kappa shape index (κ3) is 6.05. The lowest BCUT2D eigenvalue weighted by atomic mass is 10.1. The number of fused-ring (bicyclic) bond motifs is 1. The topological polar surface area (TPSA) is 106 Å². The molecule has 9 nitrogen and oxygen atoms in total. The first-order valence-corrected chi connectivity index (χ1v) is 11.7. The van der Waals surface area contributed by atoms with Crippen molar-refractivity contribution in [2.24, 2.45) is 10.1 Å². The molecule has 0 fully saturated rings. The van der Waals surface area contributed by atoms with Crippen molar-refractivity contribution in [3.8, 4) is 23.0 Å². The lowest BCUT2D eigenvalue weighted by Crippen LogP contribution is -2.35. The van der Waals surface area contributed by atoms with Gasteiger partial charge >= 0.3 is 6.18 Å². The number of nitrogens with zero attached hydrogens (tertiary/aromatic N) is 3. The monoisotopic (exact) mass is 534 g/mol. The molecular weight excluding hydrogens is 513 g/mol. The summed E-state index contributed by atoms with van der Waals surface area (Å²) in [6.07, 6.45) is -3.37. The highest BCUT2D eigenvalue weighted by atomic mass is 32.2. The van der Waals surface area contributed by atoms with Crippen LogP contribution in [-0.4, -0.2) is 60.1 Å². The van der Waals surface area contributed by atoms with Gasteiger partial charge in [-0.2, -0.15) is 28.3 Å². The Morgan fingerprint density at radius 2 is 1.73 bits per heavy atom. The SMILES string of the molecule is CCOc1cc(/C=C2/C(=N)N3N=C(C(F)(F)F)SC3=NC2=O)ccc1OCCOc1ccc(OC)cc1. The molecule has 13 heteroatoms. The van der Waals surface area contributed by atoms with Crippen LogP contribution in [0.5, 0.6) is 23.0 Å². The van der Waals surface area contributed by atoms with Crippen molar-refractivity contribution in [3.63, 3.8) is 0 Å². The van der Waals surface area contributed by atoms with Crippen LogP contribution in [0.25, 0.3) is 6.08 Å².